The molecule has 0 saturated carbocycles. The van der Waals surface area contributed by atoms with Crippen LogP contribution in [0.3, 0.4) is 0 Å². The molecule has 0 aromatic heterocycles. The van der Waals surface area contributed by atoms with E-state index < -0.39 is 29.6 Å². The van der Waals surface area contributed by atoms with Gasteiger partial charge in [0.15, 0.2) is 0 Å². The lowest BCUT2D eigenvalue weighted by molar-refractivity contribution is -0.143. The third-order valence-electron chi connectivity index (χ3n) is 3.91. The Morgan fingerprint density at radius 2 is 1.96 bits per heavy atom. The number of hydrogen-bond acceptors (Lipinski definition) is 3. The van der Waals surface area contributed by atoms with E-state index in [1.165, 1.54) is 17.0 Å². The van der Waals surface area contributed by atoms with Crippen molar-refractivity contribution in [2.45, 2.75) is 18.6 Å². The monoisotopic (exact) mass is 369 g/mol. The van der Waals surface area contributed by atoms with Crippen molar-refractivity contribution in [3.05, 3.63) is 48.0 Å². The zero-order valence-corrected chi connectivity index (χ0v) is 13.8. The lowest BCUT2D eigenvalue weighted by Gasteiger charge is -2.35. The van der Waals surface area contributed by atoms with Crippen LogP contribution in [0.4, 0.5) is 13.2 Å². The third-order valence-corrected chi connectivity index (χ3v) is 3.91. The maximum Gasteiger partial charge on any atom is 0.416 e. The highest BCUT2D eigenvalue weighted by atomic mass is 19.4. The molecule has 9 heteroatoms. The Labute approximate surface area is 148 Å². The Hall–Kier alpha value is -2.84. The van der Waals surface area contributed by atoms with Crippen LogP contribution in [-0.4, -0.2) is 42.3 Å². The van der Waals surface area contributed by atoms with E-state index in [1.54, 1.807) is 0 Å². The number of hydrogen-bond donors (Lipinski definition) is 2. The second-order valence-electron chi connectivity index (χ2n) is 5.65. The van der Waals surface area contributed by atoms with Crippen LogP contribution >= 0.6 is 0 Å². The average molecular weight is 369 g/mol. The Bertz CT molecular complexity index is 701. The van der Waals surface area contributed by atoms with Crippen molar-refractivity contribution in [2.24, 2.45) is 0 Å². The van der Waals surface area contributed by atoms with Crippen molar-refractivity contribution < 1.29 is 27.6 Å². The van der Waals surface area contributed by atoms with Gasteiger partial charge in [-0.25, -0.2) is 0 Å². The Morgan fingerprint density at radius 3 is 2.54 bits per heavy atom. The fraction of sp³-hybridized carbons (Fsp3) is 0.353. The summed E-state index contributed by atoms with van der Waals surface area (Å²) in [5.74, 6) is -1.26. The molecular weight excluding hydrogens is 351 g/mol. The summed E-state index contributed by atoms with van der Waals surface area (Å²) in [6.45, 7) is 3.84. The number of alkyl halides is 3. The van der Waals surface area contributed by atoms with E-state index in [-0.39, 0.29) is 32.0 Å². The van der Waals surface area contributed by atoms with Gasteiger partial charge in [0.25, 0.3) is 0 Å². The highest BCUT2D eigenvalue weighted by molar-refractivity contribution is 5.90. The fourth-order valence-electron chi connectivity index (χ4n) is 2.63. The molecule has 1 unspecified atom stereocenters. The van der Waals surface area contributed by atoms with E-state index in [1.807, 2.05) is 0 Å². The number of piperazine rings is 1. The van der Waals surface area contributed by atoms with E-state index >= 15 is 0 Å². The molecule has 1 saturated heterocycles. The molecule has 3 amide bonds. The van der Waals surface area contributed by atoms with Crippen LogP contribution in [0.25, 0.3) is 0 Å². The van der Waals surface area contributed by atoms with Gasteiger partial charge in [0, 0.05) is 26.1 Å². The van der Waals surface area contributed by atoms with E-state index in [0.29, 0.717) is 5.56 Å². The molecule has 0 radical (unpaired) electrons. The summed E-state index contributed by atoms with van der Waals surface area (Å²) in [6.07, 6.45) is -3.44. The summed E-state index contributed by atoms with van der Waals surface area (Å²) in [4.78, 5) is 37.0. The van der Waals surface area contributed by atoms with Gasteiger partial charge >= 0.3 is 6.18 Å². The molecule has 140 valence electrons. The predicted molar refractivity (Wildman–Crippen MR) is 86.7 cm³/mol. The van der Waals surface area contributed by atoms with Crippen LogP contribution in [-0.2, 0) is 20.6 Å². The van der Waals surface area contributed by atoms with Crippen LogP contribution in [0.5, 0.6) is 0 Å². The maximum absolute atomic E-state index is 12.7. The van der Waals surface area contributed by atoms with Crippen molar-refractivity contribution in [3.8, 4) is 0 Å². The number of carbonyl (C=O) groups is 3. The van der Waals surface area contributed by atoms with Crippen LogP contribution in [0, 0.1) is 0 Å². The van der Waals surface area contributed by atoms with Gasteiger partial charge in [0.1, 0.15) is 6.04 Å². The highest BCUT2D eigenvalue weighted by Crippen LogP contribution is 2.31. The number of nitrogens with one attached hydrogen (secondary N) is 2. The molecule has 1 fully saturated rings. The van der Waals surface area contributed by atoms with Crippen LogP contribution in [0.2, 0.25) is 0 Å². The highest BCUT2D eigenvalue weighted by Gasteiger charge is 2.35. The van der Waals surface area contributed by atoms with Crippen LogP contribution in [0.1, 0.15) is 23.6 Å². The van der Waals surface area contributed by atoms with E-state index in [4.69, 9.17) is 0 Å². The minimum atomic E-state index is -4.48. The Balaban J connectivity index is 2.14. The number of nitrogens with zero attached hydrogens (tertiary/aromatic N) is 1. The minimum absolute atomic E-state index is 0.0377. The molecule has 1 aromatic carbocycles. The lowest BCUT2D eigenvalue weighted by atomic mass is 10.00. The Kier molecular flexibility index (Phi) is 6.01. The largest absolute Gasteiger partial charge is 0.416 e. The fourth-order valence-corrected chi connectivity index (χ4v) is 2.63. The molecule has 1 aliphatic heterocycles. The van der Waals surface area contributed by atoms with Gasteiger partial charge in [-0.05, 0) is 23.8 Å². The first-order valence-corrected chi connectivity index (χ1v) is 7.88. The van der Waals surface area contributed by atoms with E-state index in [9.17, 15) is 27.6 Å². The van der Waals surface area contributed by atoms with Gasteiger partial charge in [-0.15, -0.1) is 0 Å². The zero-order chi connectivity index (χ0) is 19.3. The number of halogens is 3. The first kappa shape index (κ1) is 19.5. The third kappa shape index (κ3) is 4.62. The average Bonchev–Trinajstić information content (AvgIpc) is 2.60. The molecule has 1 heterocycles. The quantitative estimate of drug-likeness (QED) is 0.770. The number of amides is 3. The van der Waals surface area contributed by atoms with Gasteiger partial charge in [0.05, 0.1) is 5.56 Å². The van der Waals surface area contributed by atoms with Crippen molar-refractivity contribution in [1.82, 2.24) is 15.5 Å². The molecule has 1 aromatic rings. The number of carbonyl (C=O) groups excluding carboxylic acids is 3. The number of rotatable bonds is 5. The van der Waals surface area contributed by atoms with Gasteiger partial charge in [-0.1, -0.05) is 18.7 Å². The summed E-state index contributed by atoms with van der Waals surface area (Å²) in [6, 6.07) is 3.14. The van der Waals surface area contributed by atoms with E-state index in [0.717, 1.165) is 18.2 Å². The van der Waals surface area contributed by atoms with Gasteiger partial charge in [0.2, 0.25) is 17.7 Å². The van der Waals surface area contributed by atoms with Crippen LogP contribution < -0.4 is 10.6 Å². The normalized spacial score (nSPS) is 17.4. The SMILES string of the molecule is C=CC(=O)NCCC(=O)N1CCNC(=O)C1c1ccc(C(F)(F)F)cc1. The zero-order valence-electron chi connectivity index (χ0n) is 13.8. The minimum Gasteiger partial charge on any atom is -0.352 e. The topological polar surface area (TPSA) is 78.5 Å². The van der Waals surface area contributed by atoms with Crippen molar-refractivity contribution in [1.29, 1.82) is 0 Å². The smallest absolute Gasteiger partial charge is 0.352 e. The molecule has 0 aliphatic carbocycles. The lowest BCUT2D eigenvalue weighted by Crippen LogP contribution is -2.52. The second kappa shape index (κ2) is 8.03. The summed E-state index contributed by atoms with van der Waals surface area (Å²) >= 11 is 0. The first-order valence-electron chi connectivity index (χ1n) is 7.88. The summed E-state index contributed by atoms with van der Waals surface area (Å²) < 4.78 is 38.1. The van der Waals surface area contributed by atoms with Crippen molar-refractivity contribution >= 4 is 17.7 Å². The standard InChI is InChI=1S/C17H18F3N3O3/c1-2-13(24)21-8-7-14(25)23-10-9-22-16(26)15(23)11-3-5-12(6-4-11)17(18,19)20/h2-6,15H,1,7-10H2,(H,21,24)(H,22,26). The summed E-state index contributed by atoms with van der Waals surface area (Å²) in [5.41, 5.74) is -0.541. The van der Waals surface area contributed by atoms with Gasteiger partial charge in [-0.2, -0.15) is 13.2 Å². The van der Waals surface area contributed by atoms with E-state index in [2.05, 4.69) is 17.2 Å². The molecule has 2 N–H and O–H groups in total. The summed E-state index contributed by atoms with van der Waals surface area (Å²) in [7, 11) is 0. The number of benzene rings is 1. The van der Waals surface area contributed by atoms with Crippen LogP contribution in [0.15, 0.2) is 36.9 Å². The predicted octanol–water partition coefficient (Wildman–Crippen LogP) is 1.40. The maximum atomic E-state index is 12.7. The summed E-state index contributed by atoms with van der Waals surface area (Å²) in [5, 5.41) is 5.07. The molecule has 0 spiro atoms. The van der Waals surface area contributed by atoms with Crippen molar-refractivity contribution in [3.63, 3.8) is 0 Å². The first-order chi connectivity index (χ1) is 12.2. The molecule has 1 atom stereocenters. The molecule has 26 heavy (non-hydrogen) atoms. The van der Waals surface area contributed by atoms with Gasteiger partial charge < -0.3 is 15.5 Å². The molecule has 2 rings (SSSR count). The Morgan fingerprint density at radius 1 is 1.31 bits per heavy atom. The molecular formula is C17H18F3N3O3. The van der Waals surface area contributed by atoms with Crippen molar-refractivity contribution in [2.75, 3.05) is 19.6 Å². The van der Waals surface area contributed by atoms with Gasteiger partial charge in [-0.3, -0.25) is 14.4 Å². The molecule has 0 bridgehead atoms. The second-order valence-corrected chi connectivity index (χ2v) is 5.65. The molecule has 6 nitrogen and oxygen atoms in total. The molecule has 1 aliphatic rings.